The molecule has 0 amide bonds. The second-order valence-corrected chi connectivity index (χ2v) is 2.89. The van der Waals surface area contributed by atoms with Gasteiger partial charge < -0.3 is 0 Å². The van der Waals surface area contributed by atoms with Gasteiger partial charge in [0.05, 0.1) is 10.9 Å². The van der Waals surface area contributed by atoms with E-state index < -0.39 is 11.2 Å². The number of halogens is 2. The van der Waals surface area contributed by atoms with Gasteiger partial charge in [-0.1, -0.05) is 11.6 Å². The van der Waals surface area contributed by atoms with Crippen molar-refractivity contribution < 1.29 is 4.39 Å². The molecule has 2 aromatic rings. The van der Waals surface area contributed by atoms with E-state index in [1.807, 2.05) is 0 Å². The molecule has 5 heteroatoms. The fourth-order valence-corrected chi connectivity index (χ4v) is 1.22. The van der Waals surface area contributed by atoms with Crippen LogP contribution in [0.15, 0.2) is 23.0 Å². The molecular weight excluding hydrogens is 195 g/mol. The Balaban J connectivity index is 2.95. The first kappa shape index (κ1) is 8.19. The zero-order valence-electron chi connectivity index (χ0n) is 6.34. The molecule has 0 atom stereocenters. The number of hydrogen-bond donors (Lipinski definition) is 1. The third-order valence-corrected chi connectivity index (χ3v) is 1.94. The van der Waals surface area contributed by atoms with E-state index in [-0.39, 0.29) is 5.15 Å². The second-order valence-electron chi connectivity index (χ2n) is 2.53. The smallest absolute Gasteiger partial charge is 0.226 e. The summed E-state index contributed by atoms with van der Waals surface area (Å²) < 4.78 is 12.7. The molecule has 1 aromatic heterocycles. The van der Waals surface area contributed by atoms with Crippen LogP contribution in [0, 0.1) is 5.82 Å². The molecule has 0 saturated heterocycles. The Bertz CT molecular complexity index is 523. The highest BCUT2D eigenvalue weighted by atomic mass is 35.5. The Morgan fingerprint density at radius 1 is 1.46 bits per heavy atom. The zero-order valence-corrected chi connectivity index (χ0v) is 7.10. The van der Waals surface area contributed by atoms with Gasteiger partial charge in [-0.25, -0.2) is 4.39 Å². The number of rotatable bonds is 0. The first-order valence-electron chi connectivity index (χ1n) is 3.52. The topological polar surface area (TPSA) is 45.8 Å². The van der Waals surface area contributed by atoms with Crippen LogP contribution in [0.4, 0.5) is 4.39 Å². The fourth-order valence-electron chi connectivity index (χ4n) is 1.08. The van der Waals surface area contributed by atoms with E-state index in [0.29, 0.717) is 10.9 Å². The van der Waals surface area contributed by atoms with Crippen LogP contribution in [0.1, 0.15) is 0 Å². The van der Waals surface area contributed by atoms with Crippen molar-refractivity contribution in [3.8, 4) is 0 Å². The van der Waals surface area contributed by atoms with Gasteiger partial charge in [0.15, 0.2) is 5.15 Å². The average molecular weight is 199 g/mol. The molecule has 0 aliphatic carbocycles. The normalized spacial score (nSPS) is 10.6. The van der Waals surface area contributed by atoms with Crippen molar-refractivity contribution in [1.29, 1.82) is 0 Å². The van der Waals surface area contributed by atoms with Crippen LogP contribution >= 0.6 is 11.6 Å². The predicted octanol–water partition coefficient (Wildman–Crippen LogP) is 1.72. The molecule has 1 heterocycles. The molecule has 3 nitrogen and oxygen atoms in total. The van der Waals surface area contributed by atoms with Crippen molar-refractivity contribution in [1.82, 2.24) is 10.2 Å². The molecule has 0 bridgehead atoms. The molecule has 13 heavy (non-hydrogen) atoms. The van der Waals surface area contributed by atoms with E-state index in [4.69, 9.17) is 11.6 Å². The third kappa shape index (κ3) is 1.29. The highest BCUT2D eigenvalue weighted by Crippen LogP contribution is 2.09. The lowest BCUT2D eigenvalue weighted by molar-refractivity contribution is 0.629. The first-order valence-corrected chi connectivity index (χ1v) is 3.90. The summed E-state index contributed by atoms with van der Waals surface area (Å²) in [4.78, 5) is 11.3. The maximum absolute atomic E-state index is 12.7. The van der Waals surface area contributed by atoms with Gasteiger partial charge in [0.25, 0.3) is 0 Å². The van der Waals surface area contributed by atoms with E-state index in [1.54, 1.807) is 0 Å². The lowest BCUT2D eigenvalue weighted by atomic mass is 10.2. The highest BCUT2D eigenvalue weighted by Gasteiger charge is 2.04. The molecule has 66 valence electrons. The molecule has 1 aromatic carbocycles. The van der Waals surface area contributed by atoms with Crippen LogP contribution in [0.5, 0.6) is 0 Å². The summed E-state index contributed by atoms with van der Waals surface area (Å²) in [5.74, 6) is -0.424. The molecule has 1 N–H and O–H groups in total. The van der Waals surface area contributed by atoms with Gasteiger partial charge in [0, 0.05) is 0 Å². The maximum Gasteiger partial charge on any atom is 0.226 e. The van der Waals surface area contributed by atoms with Crippen molar-refractivity contribution in [3.63, 3.8) is 0 Å². The van der Waals surface area contributed by atoms with Crippen molar-refractivity contribution in [2.75, 3.05) is 0 Å². The van der Waals surface area contributed by atoms with Crippen LogP contribution in [0.3, 0.4) is 0 Å². The summed E-state index contributed by atoms with van der Waals surface area (Å²) in [7, 11) is 0. The standard InChI is InChI=1S/C8H4ClFN2O/c9-8-7(13)5-2-1-4(10)3-6(5)11-12-8/h1-3H,(H,11,13). The highest BCUT2D eigenvalue weighted by molar-refractivity contribution is 6.29. The number of nitrogens with zero attached hydrogens (tertiary/aromatic N) is 1. The monoisotopic (exact) mass is 198 g/mol. The van der Waals surface area contributed by atoms with Crippen molar-refractivity contribution >= 4 is 22.5 Å². The van der Waals surface area contributed by atoms with Crippen molar-refractivity contribution in [2.24, 2.45) is 0 Å². The number of benzene rings is 1. The Morgan fingerprint density at radius 3 is 3.00 bits per heavy atom. The fraction of sp³-hybridized carbons (Fsp3) is 0. The summed E-state index contributed by atoms with van der Waals surface area (Å²) in [6.07, 6.45) is 0. The average Bonchev–Trinajstić information content (AvgIpc) is 2.12. The molecule has 0 spiro atoms. The molecule has 2 rings (SSSR count). The largest absolute Gasteiger partial charge is 0.286 e. The van der Waals surface area contributed by atoms with E-state index in [9.17, 15) is 9.18 Å². The molecule has 0 radical (unpaired) electrons. The Hall–Kier alpha value is -1.42. The van der Waals surface area contributed by atoms with Gasteiger partial charge in [-0.05, 0) is 18.2 Å². The van der Waals surface area contributed by atoms with E-state index in [0.717, 1.165) is 0 Å². The summed E-state index contributed by atoms with van der Waals surface area (Å²) >= 11 is 5.48. The number of hydrogen-bond acceptors (Lipinski definition) is 2. The lowest BCUT2D eigenvalue weighted by Crippen LogP contribution is -2.06. The summed E-state index contributed by atoms with van der Waals surface area (Å²) in [5, 5.41) is 6.18. The minimum absolute atomic E-state index is 0.140. The Labute approximate surface area is 77.2 Å². The van der Waals surface area contributed by atoms with E-state index >= 15 is 0 Å². The Morgan fingerprint density at radius 2 is 2.23 bits per heavy atom. The first-order chi connectivity index (χ1) is 6.18. The summed E-state index contributed by atoms with van der Waals surface area (Å²) in [6, 6.07) is 3.77. The third-order valence-electron chi connectivity index (χ3n) is 1.69. The van der Waals surface area contributed by atoms with Gasteiger partial charge in [-0.2, -0.15) is 5.10 Å². The van der Waals surface area contributed by atoms with Crippen LogP contribution in [0.2, 0.25) is 5.15 Å². The van der Waals surface area contributed by atoms with Crippen LogP contribution < -0.4 is 5.43 Å². The van der Waals surface area contributed by atoms with Crippen molar-refractivity contribution in [2.45, 2.75) is 0 Å². The number of aromatic nitrogens is 2. The molecule has 0 unspecified atom stereocenters. The van der Waals surface area contributed by atoms with Gasteiger partial charge >= 0.3 is 0 Å². The predicted molar refractivity (Wildman–Crippen MR) is 47.3 cm³/mol. The number of nitrogens with one attached hydrogen (secondary N) is 1. The van der Waals surface area contributed by atoms with Crippen LogP contribution in [-0.4, -0.2) is 10.2 Å². The molecule has 0 saturated carbocycles. The van der Waals surface area contributed by atoms with Gasteiger partial charge in [0.1, 0.15) is 5.82 Å². The summed E-state index contributed by atoms with van der Waals surface area (Å²) in [6.45, 7) is 0. The molecular formula is C8H4ClFN2O. The molecule has 0 aliphatic rings. The minimum Gasteiger partial charge on any atom is -0.286 e. The van der Waals surface area contributed by atoms with Gasteiger partial charge in [0.2, 0.25) is 5.43 Å². The zero-order chi connectivity index (χ0) is 9.42. The van der Waals surface area contributed by atoms with Crippen LogP contribution in [0.25, 0.3) is 10.9 Å². The number of H-pyrrole nitrogens is 1. The van der Waals surface area contributed by atoms with Gasteiger partial charge in [-0.3, -0.25) is 9.89 Å². The van der Waals surface area contributed by atoms with E-state index in [1.165, 1.54) is 18.2 Å². The Kier molecular flexibility index (Phi) is 1.77. The van der Waals surface area contributed by atoms with Crippen molar-refractivity contribution in [3.05, 3.63) is 39.4 Å². The summed E-state index contributed by atoms with van der Waals surface area (Å²) in [5.41, 5.74) is -0.0511. The number of aromatic amines is 1. The van der Waals surface area contributed by atoms with Gasteiger partial charge in [-0.15, -0.1) is 0 Å². The second kappa shape index (κ2) is 2.81. The lowest BCUT2D eigenvalue weighted by Gasteiger charge is -1.96. The minimum atomic E-state index is -0.424. The van der Waals surface area contributed by atoms with Crippen LogP contribution in [-0.2, 0) is 0 Å². The molecule has 0 aliphatic heterocycles. The van der Waals surface area contributed by atoms with E-state index in [2.05, 4.69) is 10.2 Å². The maximum atomic E-state index is 12.7. The quantitative estimate of drug-likeness (QED) is 0.701. The number of fused-ring (bicyclic) bond motifs is 1. The SMILES string of the molecule is O=c1c(Cl)n[nH]c2cc(F)ccc12. The molecule has 0 fully saturated rings.